The first kappa shape index (κ1) is 9.01. The molecule has 66 valence electrons. The number of ether oxygens (including phenoxy) is 2. The molecule has 0 N–H and O–H groups in total. The van der Waals surface area contributed by atoms with Gasteiger partial charge in [0, 0.05) is 5.41 Å². The quantitative estimate of drug-likeness (QED) is 0.613. The average molecular weight is 158 g/mol. The summed E-state index contributed by atoms with van der Waals surface area (Å²) >= 11 is 0. The van der Waals surface area contributed by atoms with Gasteiger partial charge < -0.3 is 9.47 Å². The topological polar surface area (TPSA) is 18.5 Å². The fraction of sp³-hybridized carbons (Fsp3) is 1.00. The van der Waals surface area contributed by atoms with E-state index in [2.05, 4.69) is 20.8 Å². The second-order valence-corrected chi connectivity index (χ2v) is 4.00. The van der Waals surface area contributed by atoms with Crippen molar-refractivity contribution in [2.24, 2.45) is 5.41 Å². The predicted octanol–water partition coefficient (Wildman–Crippen LogP) is 2.19. The molecule has 0 aromatic carbocycles. The summed E-state index contributed by atoms with van der Waals surface area (Å²) in [6.45, 7) is 8.13. The Bertz CT molecular complexity index is 111. The van der Waals surface area contributed by atoms with Crippen LogP contribution in [0.15, 0.2) is 0 Å². The van der Waals surface area contributed by atoms with E-state index in [0.717, 1.165) is 26.1 Å². The molecule has 11 heavy (non-hydrogen) atoms. The van der Waals surface area contributed by atoms with Gasteiger partial charge in [0.1, 0.15) is 0 Å². The minimum atomic E-state index is 0.0630. The van der Waals surface area contributed by atoms with Crippen LogP contribution in [0.1, 0.15) is 33.6 Å². The number of hydrogen-bond acceptors (Lipinski definition) is 2. The van der Waals surface area contributed by atoms with Crippen molar-refractivity contribution in [2.45, 2.75) is 39.9 Å². The fourth-order valence-electron chi connectivity index (χ4n) is 1.13. The van der Waals surface area contributed by atoms with Crippen molar-refractivity contribution in [3.05, 3.63) is 0 Å². The van der Waals surface area contributed by atoms with Crippen molar-refractivity contribution in [1.82, 2.24) is 0 Å². The molecule has 1 aliphatic rings. The Balaban J connectivity index is 2.25. The maximum atomic E-state index is 5.51. The maximum absolute atomic E-state index is 5.51. The average Bonchev–Trinajstić information content (AvgIpc) is 1.94. The van der Waals surface area contributed by atoms with E-state index in [1.165, 1.54) is 0 Å². The van der Waals surface area contributed by atoms with Crippen LogP contribution >= 0.6 is 0 Å². The van der Waals surface area contributed by atoms with Crippen molar-refractivity contribution >= 4 is 0 Å². The molecule has 1 fully saturated rings. The van der Waals surface area contributed by atoms with Gasteiger partial charge in [-0.25, -0.2) is 0 Å². The van der Waals surface area contributed by atoms with E-state index >= 15 is 0 Å². The van der Waals surface area contributed by atoms with Gasteiger partial charge in [-0.05, 0) is 6.42 Å². The molecule has 1 aliphatic heterocycles. The Labute approximate surface area is 68.9 Å². The van der Waals surface area contributed by atoms with E-state index in [-0.39, 0.29) is 11.7 Å². The first-order valence-electron chi connectivity index (χ1n) is 4.37. The highest BCUT2D eigenvalue weighted by Gasteiger charge is 2.27. The second-order valence-electron chi connectivity index (χ2n) is 4.00. The molecular formula is C9H18O2. The molecule has 1 saturated heterocycles. The van der Waals surface area contributed by atoms with Crippen LogP contribution in [0.3, 0.4) is 0 Å². The molecule has 0 aromatic heterocycles. The lowest BCUT2D eigenvalue weighted by molar-refractivity contribution is -0.223. The second kappa shape index (κ2) is 3.55. The molecule has 0 amide bonds. The molecule has 0 aromatic rings. The smallest absolute Gasteiger partial charge is 0.157 e. The summed E-state index contributed by atoms with van der Waals surface area (Å²) in [5.74, 6) is 0. The third-order valence-electron chi connectivity index (χ3n) is 1.84. The third-order valence-corrected chi connectivity index (χ3v) is 1.84. The lowest BCUT2D eigenvalue weighted by atomic mass is 9.95. The van der Waals surface area contributed by atoms with Crippen LogP contribution in [0, 0.1) is 5.41 Å². The molecule has 0 atom stereocenters. The van der Waals surface area contributed by atoms with Crippen molar-refractivity contribution in [3.63, 3.8) is 0 Å². The summed E-state index contributed by atoms with van der Waals surface area (Å²) in [7, 11) is 0. The van der Waals surface area contributed by atoms with Crippen molar-refractivity contribution in [3.8, 4) is 0 Å². The van der Waals surface area contributed by atoms with Gasteiger partial charge in [-0.1, -0.05) is 27.2 Å². The van der Waals surface area contributed by atoms with Gasteiger partial charge >= 0.3 is 0 Å². The molecule has 1 heterocycles. The van der Waals surface area contributed by atoms with Crippen LogP contribution in [0.5, 0.6) is 0 Å². The molecule has 2 nitrogen and oxygen atoms in total. The summed E-state index contributed by atoms with van der Waals surface area (Å²) in [6.07, 6.45) is 2.22. The largest absolute Gasteiger partial charge is 0.352 e. The summed E-state index contributed by atoms with van der Waals surface area (Å²) < 4.78 is 11.0. The molecule has 0 unspecified atom stereocenters. The van der Waals surface area contributed by atoms with Gasteiger partial charge in [0.15, 0.2) is 6.29 Å². The van der Waals surface area contributed by atoms with Gasteiger partial charge in [0.2, 0.25) is 0 Å². The molecule has 1 rings (SSSR count). The Kier molecular flexibility index (Phi) is 2.90. The molecule has 2 heteroatoms. The fourth-order valence-corrected chi connectivity index (χ4v) is 1.13. The molecule has 0 radical (unpaired) electrons. The van der Waals surface area contributed by atoms with Crippen molar-refractivity contribution < 1.29 is 9.47 Å². The van der Waals surface area contributed by atoms with Crippen LogP contribution in [0.25, 0.3) is 0 Å². The highest BCUT2D eigenvalue weighted by molar-refractivity contribution is 4.70. The van der Waals surface area contributed by atoms with E-state index in [9.17, 15) is 0 Å². The van der Waals surface area contributed by atoms with Gasteiger partial charge in [-0.3, -0.25) is 0 Å². The van der Waals surface area contributed by atoms with Crippen LogP contribution in [0.2, 0.25) is 0 Å². The Morgan fingerprint density at radius 3 is 2.27 bits per heavy atom. The molecule has 0 bridgehead atoms. The maximum Gasteiger partial charge on any atom is 0.157 e. The van der Waals surface area contributed by atoms with Gasteiger partial charge in [0.25, 0.3) is 0 Å². The van der Waals surface area contributed by atoms with Crippen LogP contribution in [-0.4, -0.2) is 19.5 Å². The van der Waals surface area contributed by atoms with E-state index in [0.29, 0.717) is 0 Å². The highest BCUT2D eigenvalue weighted by Crippen LogP contribution is 2.24. The molecular weight excluding hydrogens is 140 g/mol. The van der Waals surface area contributed by atoms with Crippen molar-refractivity contribution in [1.29, 1.82) is 0 Å². The molecule has 0 aliphatic carbocycles. The standard InChI is InChI=1S/C9H18O2/c1-4-5-8-10-6-9(2,3)7-11-8/h8H,4-7H2,1-3H3. The van der Waals surface area contributed by atoms with Crippen molar-refractivity contribution in [2.75, 3.05) is 13.2 Å². The van der Waals surface area contributed by atoms with Crippen LogP contribution < -0.4 is 0 Å². The van der Waals surface area contributed by atoms with Crippen LogP contribution in [-0.2, 0) is 9.47 Å². The molecule has 0 saturated carbocycles. The number of rotatable bonds is 2. The van der Waals surface area contributed by atoms with Gasteiger partial charge in [-0.2, -0.15) is 0 Å². The zero-order chi connectivity index (χ0) is 8.32. The van der Waals surface area contributed by atoms with E-state index < -0.39 is 0 Å². The molecule has 0 spiro atoms. The summed E-state index contributed by atoms with van der Waals surface area (Å²) in [5, 5.41) is 0. The monoisotopic (exact) mass is 158 g/mol. The zero-order valence-corrected chi connectivity index (χ0v) is 7.72. The predicted molar refractivity (Wildman–Crippen MR) is 44.4 cm³/mol. The number of hydrogen-bond donors (Lipinski definition) is 0. The lowest BCUT2D eigenvalue weighted by Crippen LogP contribution is -2.37. The normalized spacial score (nSPS) is 25.4. The zero-order valence-electron chi connectivity index (χ0n) is 7.72. The first-order valence-corrected chi connectivity index (χ1v) is 4.37. The Morgan fingerprint density at radius 2 is 1.82 bits per heavy atom. The Morgan fingerprint density at radius 1 is 1.27 bits per heavy atom. The SMILES string of the molecule is CCCC1OCC(C)(C)CO1. The first-order chi connectivity index (χ1) is 5.14. The minimum Gasteiger partial charge on any atom is -0.352 e. The van der Waals surface area contributed by atoms with E-state index in [1.807, 2.05) is 0 Å². The van der Waals surface area contributed by atoms with E-state index in [1.54, 1.807) is 0 Å². The van der Waals surface area contributed by atoms with E-state index in [4.69, 9.17) is 9.47 Å². The summed E-state index contributed by atoms with van der Waals surface area (Å²) in [5.41, 5.74) is 0.213. The van der Waals surface area contributed by atoms with Gasteiger partial charge in [0.05, 0.1) is 13.2 Å². The minimum absolute atomic E-state index is 0.0630. The Hall–Kier alpha value is -0.0800. The summed E-state index contributed by atoms with van der Waals surface area (Å²) in [4.78, 5) is 0. The van der Waals surface area contributed by atoms with Gasteiger partial charge in [-0.15, -0.1) is 0 Å². The lowest BCUT2D eigenvalue weighted by Gasteiger charge is -2.34. The third kappa shape index (κ3) is 2.80. The highest BCUT2D eigenvalue weighted by atomic mass is 16.7. The summed E-state index contributed by atoms with van der Waals surface area (Å²) in [6, 6.07) is 0. The van der Waals surface area contributed by atoms with Crippen LogP contribution in [0.4, 0.5) is 0 Å².